The third-order valence-electron chi connectivity index (χ3n) is 3.33. The number of hydrogen-bond acceptors (Lipinski definition) is 1. The van der Waals surface area contributed by atoms with Crippen LogP contribution in [0.2, 0.25) is 0 Å². The maximum Gasteiger partial charge on any atom is 0.0973 e. The highest BCUT2D eigenvalue weighted by molar-refractivity contribution is 7.84. The lowest BCUT2D eigenvalue weighted by Crippen LogP contribution is -2.34. The predicted molar refractivity (Wildman–Crippen MR) is 92.7 cm³/mol. The van der Waals surface area contributed by atoms with E-state index in [0.717, 1.165) is 12.0 Å². The van der Waals surface area contributed by atoms with Gasteiger partial charge in [-0.2, -0.15) is 0 Å². The first kappa shape index (κ1) is 15.9. The van der Waals surface area contributed by atoms with Crippen molar-refractivity contribution in [2.75, 3.05) is 6.54 Å². The number of hydrogen-bond donors (Lipinski definition) is 1. The summed E-state index contributed by atoms with van der Waals surface area (Å²) in [4.78, 5) is 0. The van der Waals surface area contributed by atoms with Crippen molar-refractivity contribution >= 4 is 21.8 Å². The molecule has 0 bridgehead atoms. The minimum Gasteiger partial charge on any atom is -0.242 e. The van der Waals surface area contributed by atoms with Crippen LogP contribution in [0.1, 0.15) is 26.3 Å². The van der Waals surface area contributed by atoms with Gasteiger partial charge in [0.05, 0.1) is 15.7 Å². The van der Waals surface area contributed by atoms with E-state index in [-0.39, 0.29) is 4.75 Å². The molecule has 3 heteroatoms. The predicted octanol–water partition coefficient (Wildman–Crippen LogP) is 3.99. The van der Waals surface area contributed by atoms with Gasteiger partial charge in [0.15, 0.2) is 0 Å². The average molecular weight is 301 g/mol. The molecule has 21 heavy (non-hydrogen) atoms. The molecule has 1 atom stereocenters. The van der Waals surface area contributed by atoms with Crippen LogP contribution in [0.3, 0.4) is 0 Å². The van der Waals surface area contributed by atoms with Gasteiger partial charge in [-0.3, -0.25) is 0 Å². The minimum absolute atomic E-state index is 0.250. The molecule has 0 aliphatic heterocycles. The van der Waals surface area contributed by atoms with E-state index in [0.29, 0.717) is 6.54 Å². The van der Waals surface area contributed by atoms with E-state index in [1.165, 1.54) is 16.3 Å². The van der Waals surface area contributed by atoms with Crippen LogP contribution >= 0.6 is 0 Å². The molecule has 0 radical (unpaired) electrons. The Kier molecular flexibility index (Phi) is 4.96. The van der Waals surface area contributed by atoms with Crippen LogP contribution in [-0.2, 0) is 17.4 Å². The van der Waals surface area contributed by atoms with Gasteiger partial charge in [0, 0.05) is 6.54 Å². The molecule has 0 saturated carbocycles. The molecule has 0 aromatic heterocycles. The van der Waals surface area contributed by atoms with Crippen LogP contribution in [0.15, 0.2) is 54.6 Å². The zero-order valence-corrected chi connectivity index (χ0v) is 13.8. The summed E-state index contributed by atoms with van der Waals surface area (Å²) in [6.07, 6.45) is 0.801. The lowest BCUT2D eigenvalue weighted by Gasteiger charge is -2.18. The van der Waals surface area contributed by atoms with Gasteiger partial charge in [-0.15, -0.1) is 0 Å². The van der Waals surface area contributed by atoms with Crippen LogP contribution < -0.4 is 4.72 Å². The first-order valence-electron chi connectivity index (χ1n) is 7.16. The van der Waals surface area contributed by atoms with Crippen molar-refractivity contribution < 1.29 is 4.21 Å². The molecule has 0 amide bonds. The minimum atomic E-state index is -1.05. The molecule has 2 aromatic rings. The fourth-order valence-electron chi connectivity index (χ4n) is 2.16. The second-order valence-electron chi connectivity index (χ2n) is 6.27. The van der Waals surface area contributed by atoms with Gasteiger partial charge < -0.3 is 0 Å². The molecule has 0 fully saturated rings. The summed E-state index contributed by atoms with van der Waals surface area (Å²) in [6.45, 7) is 10.6. The Morgan fingerprint density at radius 1 is 1.14 bits per heavy atom. The van der Waals surface area contributed by atoms with Gasteiger partial charge in [-0.25, -0.2) is 8.93 Å². The summed E-state index contributed by atoms with van der Waals surface area (Å²) >= 11 is 0. The summed E-state index contributed by atoms with van der Waals surface area (Å²) in [6, 6.07) is 14.7. The molecule has 0 aliphatic rings. The molecular formula is C18H23NOS. The molecule has 0 spiro atoms. The van der Waals surface area contributed by atoms with E-state index in [4.69, 9.17) is 0 Å². The fraction of sp³-hybridized carbons (Fsp3) is 0.333. The maximum absolute atomic E-state index is 12.0. The van der Waals surface area contributed by atoms with Gasteiger partial charge >= 0.3 is 0 Å². The Bertz CT molecular complexity index is 665. The highest BCUT2D eigenvalue weighted by Gasteiger charge is 2.19. The van der Waals surface area contributed by atoms with Crippen LogP contribution in [0.4, 0.5) is 0 Å². The molecule has 0 saturated heterocycles. The summed E-state index contributed by atoms with van der Waals surface area (Å²) in [5.74, 6) is 0. The molecule has 2 aromatic carbocycles. The van der Waals surface area contributed by atoms with E-state index in [1.807, 2.05) is 20.8 Å². The van der Waals surface area contributed by atoms with Crippen LogP contribution in [0.25, 0.3) is 10.8 Å². The number of rotatable bonds is 5. The zero-order chi connectivity index (χ0) is 15.5. The summed E-state index contributed by atoms with van der Waals surface area (Å²) in [5, 5.41) is 2.51. The van der Waals surface area contributed by atoms with Gasteiger partial charge in [-0.1, -0.05) is 54.6 Å². The van der Waals surface area contributed by atoms with Gasteiger partial charge in [0.1, 0.15) is 0 Å². The molecular weight excluding hydrogens is 278 g/mol. The average Bonchev–Trinajstić information content (AvgIpc) is 2.44. The summed E-state index contributed by atoms with van der Waals surface area (Å²) < 4.78 is 14.8. The number of fused-ring (bicyclic) bond motifs is 1. The monoisotopic (exact) mass is 301 g/mol. The van der Waals surface area contributed by atoms with Gasteiger partial charge in [0.25, 0.3) is 0 Å². The Labute approximate surface area is 129 Å². The molecule has 2 rings (SSSR count). The highest BCUT2D eigenvalue weighted by Crippen LogP contribution is 2.20. The fourth-order valence-corrected chi connectivity index (χ4v) is 2.93. The van der Waals surface area contributed by atoms with Crippen LogP contribution in [-0.4, -0.2) is 15.5 Å². The first-order chi connectivity index (χ1) is 9.88. The molecule has 0 heterocycles. The van der Waals surface area contributed by atoms with Crippen molar-refractivity contribution in [1.29, 1.82) is 0 Å². The summed E-state index contributed by atoms with van der Waals surface area (Å²) in [7, 11) is -1.05. The Morgan fingerprint density at radius 3 is 2.52 bits per heavy atom. The first-order valence-corrected chi connectivity index (χ1v) is 8.31. The number of benzene rings is 2. The van der Waals surface area contributed by atoms with E-state index in [1.54, 1.807) is 0 Å². The van der Waals surface area contributed by atoms with Crippen LogP contribution in [0, 0.1) is 0 Å². The maximum atomic E-state index is 12.0. The van der Waals surface area contributed by atoms with E-state index in [9.17, 15) is 4.21 Å². The third-order valence-corrected chi connectivity index (χ3v) is 4.85. The second-order valence-corrected chi connectivity index (χ2v) is 8.32. The van der Waals surface area contributed by atoms with E-state index in [2.05, 4.69) is 53.8 Å². The van der Waals surface area contributed by atoms with Gasteiger partial charge in [0.2, 0.25) is 0 Å². The largest absolute Gasteiger partial charge is 0.242 e. The second kappa shape index (κ2) is 6.54. The SMILES string of the molecule is C=C(CN[S@](=O)C(C)(C)C)Cc1cccc2ccccc12. The van der Waals surface area contributed by atoms with Crippen molar-refractivity contribution in [3.8, 4) is 0 Å². The van der Waals surface area contributed by atoms with Crippen molar-refractivity contribution in [3.63, 3.8) is 0 Å². The van der Waals surface area contributed by atoms with E-state index < -0.39 is 11.0 Å². The standard InChI is InChI=1S/C18H23NOS/c1-14(13-19-21(20)18(2,3)4)12-16-10-7-9-15-8-5-6-11-17(15)16/h5-11,19H,1,12-13H2,2-4H3/t21-/m1/s1. The van der Waals surface area contributed by atoms with Crippen molar-refractivity contribution in [2.45, 2.75) is 31.9 Å². The normalized spacial score (nSPS) is 13.3. The Balaban J connectivity index is 2.04. The van der Waals surface area contributed by atoms with Crippen molar-refractivity contribution in [3.05, 3.63) is 60.2 Å². The molecule has 112 valence electrons. The van der Waals surface area contributed by atoms with Crippen molar-refractivity contribution in [2.24, 2.45) is 0 Å². The Hall–Kier alpha value is -1.45. The zero-order valence-electron chi connectivity index (χ0n) is 13.0. The lowest BCUT2D eigenvalue weighted by molar-refractivity contribution is 0.638. The molecule has 2 nitrogen and oxygen atoms in total. The van der Waals surface area contributed by atoms with E-state index >= 15 is 0 Å². The molecule has 1 N–H and O–H groups in total. The topological polar surface area (TPSA) is 29.1 Å². The molecule has 0 aliphatic carbocycles. The van der Waals surface area contributed by atoms with Crippen LogP contribution in [0.5, 0.6) is 0 Å². The quantitative estimate of drug-likeness (QED) is 0.831. The molecule has 0 unspecified atom stereocenters. The van der Waals surface area contributed by atoms with Gasteiger partial charge in [-0.05, 0) is 43.5 Å². The van der Waals surface area contributed by atoms with Crippen molar-refractivity contribution in [1.82, 2.24) is 4.72 Å². The third kappa shape index (κ3) is 4.26. The Morgan fingerprint density at radius 2 is 1.81 bits per heavy atom. The smallest absolute Gasteiger partial charge is 0.0973 e. The number of nitrogens with one attached hydrogen (secondary N) is 1. The summed E-state index contributed by atoms with van der Waals surface area (Å²) in [5.41, 5.74) is 2.31. The lowest BCUT2D eigenvalue weighted by atomic mass is 9.99. The highest BCUT2D eigenvalue weighted by atomic mass is 32.2.